The molecule has 0 radical (unpaired) electrons. The van der Waals surface area contributed by atoms with Gasteiger partial charge in [-0.25, -0.2) is 0 Å². The number of carbonyl (C=O) groups is 5. The molecule has 1 aromatic heterocycles. The topological polar surface area (TPSA) is 138 Å². The van der Waals surface area contributed by atoms with E-state index in [0.29, 0.717) is 17.0 Å². The van der Waals surface area contributed by atoms with E-state index in [2.05, 4.69) is 15.6 Å². The average molecular weight is 660 g/mol. The second-order valence-corrected chi connectivity index (χ2v) is 11.2. The Balaban J connectivity index is 1.81. The second kappa shape index (κ2) is 14.8. The summed E-state index contributed by atoms with van der Waals surface area (Å²) in [5.74, 6) is -12.8. The third kappa shape index (κ3) is 9.42. The molecule has 2 heterocycles. The van der Waals surface area contributed by atoms with Crippen molar-refractivity contribution in [3.8, 4) is 0 Å². The van der Waals surface area contributed by atoms with Gasteiger partial charge in [0.15, 0.2) is 0 Å². The normalized spacial score (nSPS) is 16.6. The number of ketones is 1. The van der Waals surface area contributed by atoms with Crippen LogP contribution in [0.15, 0.2) is 48.7 Å². The quantitative estimate of drug-likeness (QED) is 0.237. The maximum absolute atomic E-state index is 14.6. The number of hydrogen-bond acceptors (Lipinski definition) is 6. The Kier molecular flexibility index (Phi) is 11.6. The minimum absolute atomic E-state index is 0.0237. The van der Waals surface area contributed by atoms with E-state index in [1.165, 1.54) is 26.1 Å². The Morgan fingerprint density at radius 2 is 1.73 bits per heavy atom. The van der Waals surface area contributed by atoms with Crippen LogP contribution in [0.3, 0.4) is 0 Å². The van der Waals surface area contributed by atoms with Crippen LogP contribution in [0.5, 0.6) is 0 Å². The van der Waals surface area contributed by atoms with Gasteiger partial charge in [0.2, 0.25) is 17.6 Å². The van der Waals surface area contributed by atoms with Crippen molar-refractivity contribution in [2.75, 3.05) is 13.1 Å². The molecule has 0 unspecified atom stereocenters. The highest BCUT2D eigenvalue weighted by atomic mass is 35.5. The molecule has 45 heavy (non-hydrogen) atoms. The maximum atomic E-state index is 14.6. The zero-order valence-corrected chi connectivity index (χ0v) is 24.9. The second-order valence-electron chi connectivity index (χ2n) is 10.7. The Morgan fingerprint density at radius 3 is 2.33 bits per heavy atom. The summed E-state index contributed by atoms with van der Waals surface area (Å²) in [6.07, 6.45) is -3.25. The highest BCUT2D eigenvalue weighted by Gasteiger charge is 2.52. The number of carbonyl (C=O) groups excluding carboxylic acids is 5. The highest BCUT2D eigenvalue weighted by molar-refractivity contribution is 6.30. The van der Waals surface area contributed by atoms with Gasteiger partial charge in [0.25, 0.3) is 11.8 Å². The first kappa shape index (κ1) is 35.3. The molecule has 244 valence electrons. The number of nitrogens with one attached hydrogen (secondary N) is 3. The summed E-state index contributed by atoms with van der Waals surface area (Å²) in [4.78, 5) is 69.7. The van der Waals surface area contributed by atoms with E-state index < -0.39 is 72.1 Å². The number of benzene rings is 1. The molecule has 1 aliphatic heterocycles. The zero-order valence-electron chi connectivity index (χ0n) is 24.2. The van der Waals surface area contributed by atoms with Crippen LogP contribution >= 0.6 is 11.6 Å². The summed E-state index contributed by atoms with van der Waals surface area (Å²) in [6, 6.07) is 6.70. The predicted molar refractivity (Wildman–Crippen MR) is 151 cm³/mol. The Bertz CT molecular complexity index is 1410. The largest absolute Gasteiger partial charge is 0.405 e. The summed E-state index contributed by atoms with van der Waals surface area (Å²) in [7, 11) is 0. The molecule has 3 atom stereocenters. The fraction of sp³-hybridized carbons (Fsp3) is 0.448. The van der Waals surface area contributed by atoms with E-state index in [0.717, 1.165) is 10.2 Å². The molecular weight excluding hydrogens is 629 g/mol. The van der Waals surface area contributed by atoms with Crippen molar-refractivity contribution in [3.05, 3.63) is 64.9 Å². The fourth-order valence-electron chi connectivity index (χ4n) is 4.72. The lowest BCUT2D eigenvalue weighted by molar-refractivity contribution is -0.165. The molecule has 1 fully saturated rings. The van der Waals surface area contributed by atoms with Crippen molar-refractivity contribution in [1.29, 1.82) is 0 Å². The highest BCUT2D eigenvalue weighted by Crippen LogP contribution is 2.24. The smallest absolute Gasteiger partial charge is 0.344 e. The summed E-state index contributed by atoms with van der Waals surface area (Å²) >= 11 is 6.09. The molecule has 10 nitrogen and oxygen atoms in total. The van der Waals surface area contributed by atoms with Gasteiger partial charge in [0, 0.05) is 24.2 Å². The molecule has 4 amide bonds. The van der Waals surface area contributed by atoms with Crippen LogP contribution < -0.4 is 16.0 Å². The number of pyridine rings is 1. The van der Waals surface area contributed by atoms with Crippen molar-refractivity contribution < 1.29 is 45.9 Å². The minimum atomic E-state index is -5.00. The van der Waals surface area contributed by atoms with E-state index in [-0.39, 0.29) is 25.1 Å². The Hall–Kier alpha value is -4.14. The van der Waals surface area contributed by atoms with Crippen molar-refractivity contribution in [3.63, 3.8) is 0 Å². The van der Waals surface area contributed by atoms with E-state index >= 15 is 0 Å². The number of halogens is 6. The van der Waals surface area contributed by atoms with Gasteiger partial charge in [0.05, 0.1) is 6.04 Å². The van der Waals surface area contributed by atoms with Crippen molar-refractivity contribution in [2.24, 2.45) is 5.92 Å². The van der Waals surface area contributed by atoms with E-state index in [1.54, 1.807) is 36.4 Å². The number of aromatic nitrogens is 1. The number of hydrogen-bond donors (Lipinski definition) is 3. The summed E-state index contributed by atoms with van der Waals surface area (Å²) in [6.45, 7) is 0.551. The minimum Gasteiger partial charge on any atom is -0.344 e. The molecular formula is C29H31ClF5N5O5. The molecule has 3 rings (SSSR count). The Labute approximate surface area is 260 Å². The number of rotatable bonds is 12. The van der Waals surface area contributed by atoms with Gasteiger partial charge in [-0.15, -0.1) is 0 Å². The molecule has 0 saturated carbocycles. The van der Waals surface area contributed by atoms with Gasteiger partial charge in [-0.2, -0.15) is 22.0 Å². The van der Waals surface area contributed by atoms with E-state index in [9.17, 15) is 45.9 Å². The van der Waals surface area contributed by atoms with Gasteiger partial charge in [-0.1, -0.05) is 43.6 Å². The molecule has 0 spiro atoms. The number of likely N-dealkylation sites (tertiary alicyclic amines) is 1. The first-order chi connectivity index (χ1) is 21.0. The molecule has 1 saturated heterocycles. The van der Waals surface area contributed by atoms with Crippen molar-refractivity contribution in [1.82, 2.24) is 25.8 Å². The SMILES string of the molecule is CC(C)[C@H](NC(=O)[C@@H]1CCCN1C(=O)[C@H](Cc1cccc(Cl)c1)NC(=O)c1ccccn1)C(=O)C(F)(F)C(=O)NCC(F)(F)F. The van der Waals surface area contributed by atoms with Gasteiger partial charge in [0.1, 0.15) is 24.3 Å². The van der Waals surface area contributed by atoms with E-state index in [4.69, 9.17) is 11.6 Å². The Morgan fingerprint density at radius 1 is 1.02 bits per heavy atom. The molecule has 0 aliphatic carbocycles. The molecule has 16 heteroatoms. The van der Waals surface area contributed by atoms with Gasteiger partial charge < -0.3 is 20.9 Å². The van der Waals surface area contributed by atoms with Crippen LogP contribution in [0.1, 0.15) is 42.7 Å². The van der Waals surface area contributed by atoms with Gasteiger partial charge >= 0.3 is 12.1 Å². The van der Waals surface area contributed by atoms with Gasteiger partial charge in [-0.3, -0.25) is 29.0 Å². The zero-order chi connectivity index (χ0) is 33.5. The number of Topliss-reactive ketones (excluding diaryl/α,β-unsaturated/α-hetero) is 1. The first-order valence-electron chi connectivity index (χ1n) is 13.9. The monoisotopic (exact) mass is 659 g/mol. The molecule has 1 aromatic carbocycles. The molecule has 1 aliphatic rings. The first-order valence-corrected chi connectivity index (χ1v) is 14.2. The molecule has 0 bridgehead atoms. The average Bonchev–Trinajstić information content (AvgIpc) is 3.47. The lowest BCUT2D eigenvalue weighted by Crippen LogP contribution is -2.60. The van der Waals surface area contributed by atoms with Crippen LogP contribution in [0.4, 0.5) is 22.0 Å². The van der Waals surface area contributed by atoms with Crippen molar-refractivity contribution >= 4 is 41.0 Å². The van der Waals surface area contributed by atoms with Crippen LogP contribution in [0, 0.1) is 5.92 Å². The molecule has 2 aromatic rings. The maximum Gasteiger partial charge on any atom is 0.405 e. The standard InChI is InChI=1S/C29H31ClF5N5O5/c1-16(2)22(23(41)29(34,35)27(45)37-15-28(31,32)33)39-25(43)21-10-6-12-40(21)26(44)20(14-17-7-5-8-18(30)13-17)38-24(42)19-9-3-4-11-36-19/h3-5,7-9,11,13,16,20-22H,6,10,12,14-15H2,1-2H3,(H,37,45)(H,38,42)(H,39,43)/t20-,21-,22-/m0/s1. The van der Waals surface area contributed by atoms with Crippen molar-refractivity contribution in [2.45, 2.75) is 63.3 Å². The number of alkyl halides is 5. The lowest BCUT2D eigenvalue weighted by atomic mass is 9.94. The third-order valence-corrected chi connectivity index (χ3v) is 7.19. The third-order valence-electron chi connectivity index (χ3n) is 6.96. The fourth-order valence-corrected chi connectivity index (χ4v) is 4.93. The number of nitrogens with zero attached hydrogens (tertiary/aromatic N) is 2. The summed E-state index contributed by atoms with van der Waals surface area (Å²) in [5.41, 5.74) is 0.606. The summed E-state index contributed by atoms with van der Waals surface area (Å²) in [5, 5.41) is 6.14. The van der Waals surface area contributed by atoms with E-state index in [1.807, 2.05) is 0 Å². The summed E-state index contributed by atoms with van der Waals surface area (Å²) < 4.78 is 66.5. The van der Waals surface area contributed by atoms with Crippen LogP contribution in [0.2, 0.25) is 5.02 Å². The molecule has 3 N–H and O–H groups in total. The van der Waals surface area contributed by atoms with Gasteiger partial charge in [-0.05, 0) is 48.6 Å². The predicted octanol–water partition coefficient (Wildman–Crippen LogP) is 3.09. The van der Waals surface area contributed by atoms with Crippen LogP contribution in [-0.4, -0.2) is 82.6 Å². The lowest BCUT2D eigenvalue weighted by Gasteiger charge is -2.31. The number of amides is 4. The van der Waals surface area contributed by atoms with Crippen LogP contribution in [0.25, 0.3) is 0 Å². The van der Waals surface area contributed by atoms with Crippen LogP contribution in [-0.2, 0) is 25.6 Å².